The van der Waals surface area contributed by atoms with Crippen LogP contribution >= 0.6 is 0 Å². The van der Waals surface area contributed by atoms with Gasteiger partial charge in [-0.2, -0.15) is 0 Å². The van der Waals surface area contributed by atoms with Crippen LogP contribution in [0.1, 0.15) is 32.6 Å². The van der Waals surface area contributed by atoms with Crippen molar-refractivity contribution < 1.29 is 29.4 Å². The van der Waals surface area contributed by atoms with Crippen LogP contribution in [0.4, 0.5) is 0 Å². The second kappa shape index (κ2) is 7.27. The van der Waals surface area contributed by atoms with Crippen molar-refractivity contribution in [3.63, 3.8) is 0 Å². The number of carboxylic acids is 2. The molecule has 0 aromatic rings. The molecule has 0 radical (unpaired) electrons. The molecule has 0 unspecified atom stereocenters. The van der Waals surface area contributed by atoms with Gasteiger partial charge in [-0.15, -0.1) is 0 Å². The number of ketones is 1. The van der Waals surface area contributed by atoms with Gasteiger partial charge in [0.25, 0.3) is 0 Å². The third-order valence-corrected chi connectivity index (χ3v) is 4.72. The Balaban J connectivity index is 2.14. The van der Waals surface area contributed by atoms with E-state index in [-0.39, 0.29) is 24.9 Å². The van der Waals surface area contributed by atoms with Gasteiger partial charge in [-0.1, -0.05) is 0 Å². The van der Waals surface area contributed by atoms with E-state index in [1.165, 1.54) is 11.8 Å². The molecule has 134 valence electrons. The van der Waals surface area contributed by atoms with E-state index >= 15 is 0 Å². The Morgan fingerprint density at radius 3 is 2.54 bits per heavy atom. The molecule has 2 rings (SSSR count). The highest BCUT2D eigenvalue weighted by molar-refractivity contribution is 6.11. The summed E-state index contributed by atoms with van der Waals surface area (Å²) in [5, 5.41) is 24.2. The number of rotatable bonds is 7. The second-order valence-corrected chi connectivity index (χ2v) is 6.33. The molecule has 9 nitrogen and oxygen atoms in total. The summed E-state index contributed by atoms with van der Waals surface area (Å²) in [5.41, 5.74) is -1.89. The van der Waals surface area contributed by atoms with Crippen LogP contribution < -0.4 is 10.6 Å². The van der Waals surface area contributed by atoms with Gasteiger partial charge in [-0.05, 0) is 39.2 Å². The van der Waals surface area contributed by atoms with Gasteiger partial charge < -0.3 is 20.8 Å². The minimum Gasteiger partial charge on any atom is -0.480 e. The van der Waals surface area contributed by atoms with Crippen LogP contribution in [0, 0.1) is 0 Å². The third-order valence-electron chi connectivity index (χ3n) is 4.72. The maximum Gasteiger partial charge on any atom is 0.332 e. The third kappa shape index (κ3) is 3.41. The topological polar surface area (TPSA) is 136 Å². The Morgan fingerprint density at radius 2 is 2.00 bits per heavy atom. The average Bonchev–Trinajstić information content (AvgIpc) is 3.15. The highest BCUT2D eigenvalue weighted by Gasteiger charge is 2.55. The van der Waals surface area contributed by atoms with Crippen LogP contribution in [-0.4, -0.2) is 76.0 Å². The van der Waals surface area contributed by atoms with E-state index in [4.69, 9.17) is 5.11 Å². The van der Waals surface area contributed by atoms with E-state index in [0.29, 0.717) is 12.8 Å². The Morgan fingerprint density at radius 1 is 1.29 bits per heavy atom. The summed E-state index contributed by atoms with van der Waals surface area (Å²) < 4.78 is 0. The molecule has 1 amide bonds. The molecule has 2 aliphatic heterocycles. The summed E-state index contributed by atoms with van der Waals surface area (Å²) in [6.07, 6.45) is 1.99. The number of carboxylic acid groups (broad SMARTS) is 2. The van der Waals surface area contributed by atoms with E-state index in [2.05, 4.69) is 10.6 Å². The Labute approximate surface area is 139 Å². The zero-order chi connectivity index (χ0) is 17.9. The number of carbonyl (C=O) groups is 4. The molecule has 0 saturated carbocycles. The number of aliphatic carboxylic acids is 2. The number of amides is 1. The van der Waals surface area contributed by atoms with Gasteiger partial charge in [-0.25, -0.2) is 4.79 Å². The van der Waals surface area contributed by atoms with E-state index in [1.807, 2.05) is 0 Å². The molecule has 4 N–H and O–H groups in total. The second-order valence-electron chi connectivity index (χ2n) is 6.33. The van der Waals surface area contributed by atoms with Crippen molar-refractivity contribution >= 4 is 23.6 Å². The van der Waals surface area contributed by atoms with Gasteiger partial charge >= 0.3 is 11.9 Å². The number of hydrogen-bond acceptors (Lipinski definition) is 6. The van der Waals surface area contributed by atoms with Gasteiger partial charge in [-0.3, -0.25) is 19.3 Å². The van der Waals surface area contributed by atoms with E-state index in [9.17, 15) is 24.3 Å². The van der Waals surface area contributed by atoms with E-state index in [1.54, 1.807) is 0 Å². The van der Waals surface area contributed by atoms with Gasteiger partial charge in [0, 0.05) is 6.54 Å². The first kappa shape index (κ1) is 18.3. The van der Waals surface area contributed by atoms with Crippen molar-refractivity contribution in [1.82, 2.24) is 15.5 Å². The molecule has 0 spiro atoms. The lowest BCUT2D eigenvalue weighted by molar-refractivity contribution is -0.158. The summed E-state index contributed by atoms with van der Waals surface area (Å²) in [6, 6.07) is -1.38. The number of carbonyl (C=O) groups excluding carboxylic acids is 2. The summed E-state index contributed by atoms with van der Waals surface area (Å²) in [4.78, 5) is 48.9. The number of likely N-dealkylation sites (tertiary alicyclic amines) is 1. The summed E-state index contributed by atoms with van der Waals surface area (Å²) >= 11 is 0. The smallest absolute Gasteiger partial charge is 0.332 e. The van der Waals surface area contributed by atoms with Crippen LogP contribution in [0.2, 0.25) is 0 Å². The van der Waals surface area contributed by atoms with Crippen LogP contribution in [0.25, 0.3) is 0 Å². The van der Waals surface area contributed by atoms with Gasteiger partial charge in [0.15, 0.2) is 11.3 Å². The molecule has 0 aromatic heterocycles. The average molecular weight is 341 g/mol. The van der Waals surface area contributed by atoms with Crippen molar-refractivity contribution in [3.8, 4) is 0 Å². The molecule has 2 saturated heterocycles. The molecule has 24 heavy (non-hydrogen) atoms. The lowest BCUT2D eigenvalue weighted by Crippen LogP contribution is -2.63. The summed E-state index contributed by atoms with van der Waals surface area (Å²) in [7, 11) is 0. The van der Waals surface area contributed by atoms with Crippen LogP contribution in [0.5, 0.6) is 0 Å². The molecule has 3 atom stereocenters. The molecule has 0 aliphatic carbocycles. The van der Waals surface area contributed by atoms with Crippen molar-refractivity contribution in [2.75, 3.05) is 19.6 Å². The fourth-order valence-electron chi connectivity index (χ4n) is 3.52. The fourth-order valence-corrected chi connectivity index (χ4v) is 3.52. The minimum absolute atomic E-state index is 0.0380. The lowest BCUT2D eigenvalue weighted by Gasteiger charge is -2.34. The number of nitrogens with one attached hydrogen (secondary N) is 2. The van der Waals surface area contributed by atoms with Gasteiger partial charge in [0.2, 0.25) is 5.91 Å². The predicted octanol–water partition coefficient (Wildman–Crippen LogP) is -1.18. The number of hydrogen-bond donors (Lipinski definition) is 4. The molecule has 2 aliphatic rings. The summed E-state index contributed by atoms with van der Waals surface area (Å²) in [6.45, 7) is 1.86. The van der Waals surface area contributed by atoms with Gasteiger partial charge in [0.1, 0.15) is 0 Å². The van der Waals surface area contributed by atoms with E-state index < -0.39 is 35.8 Å². The molecule has 0 aromatic carbocycles. The monoisotopic (exact) mass is 341 g/mol. The summed E-state index contributed by atoms with van der Waals surface area (Å²) in [5.74, 6) is -3.58. The van der Waals surface area contributed by atoms with E-state index in [0.717, 1.165) is 13.0 Å². The molecule has 0 bridgehead atoms. The molecule has 2 fully saturated rings. The van der Waals surface area contributed by atoms with Gasteiger partial charge in [0.05, 0.1) is 18.6 Å². The normalized spacial score (nSPS) is 28.5. The maximum atomic E-state index is 12.8. The van der Waals surface area contributed by atoms with Crippen molar-refractivity contribution in [2.24, 2.45) is 0 Å². The molecular formula is C15H23N3O6. The largest absolute Gasteiger partial charge is 0.480 e. The van der Waals surface area contributed by atoms with Crippen LogP contribution in [0.15, 0.2) is 0 Å². The quantitative estimate of drug-likeness (QED) is 0.425. The molecule has 2 heterocycles. The Bertz CT molecular complexity index is 545. The maximum absolute atomic E-state index is 12.8. The highest BCUT2D eigenvalue weighted by atomic mass is 16.4. The molecule has 9 heteroatoms. The Hall–Kier alpha value is -2.00. The first-order chi connectivity index (χ1) is 11.3. The fraction of sp³-hybridized carbons (Fsp3) is 0.733. The van der Waals surface area contributed by atoms with Crippen molar-refractivity contribution in [1.29, 1.82) is 0 Å². The first-order valence-corrected chi connectivity index (χ1v) is 8.07. The standard InChI is InChI=1S/C15H23N3O6/c1-9(17-13(22)10-4-2-6-16-10)12(21)15(14(23)24)5-3-7-18(15)8-11(19)20/h9-10,16H,2-8H2,1H3,(H,17,22)(H,19,20)(H,23,24)/t9-,10-,15+/m0/s1. The number of Topliss-reactive ketones (excluding diaryl/α,β-unsaturated/α-hetero) is 1. The number of nitrogens with zero attached hydrogens (tertiary/aromatic N) is 1. The zero-order valence-electron chi connectivity index (χ0n) is 13.6. The predicted molar refractivity (Wildman–Crippen MR) is 82.4 cm³/mol. The van der Waals surface area contributed by atoms with Crippen molar-refractivity contribution in [2.45, 2.75) is 50.2 Å². The van der Waals surface area contributed by atoms with Crippen LogP contribution in [0.3, 0.4) is 0 Å². The minimum atomic E-state index is -1.89. The van der Waals surface area contributed by atoms with Crippen molar-refractivity contribution in [3.05, 3.63) is 0 Å². The highest BCUT2D eigenvalue weighted by Crippen LogP contribution is 2.31. The zero-order valence-corrected chi connectivity index (χ0v) is 13.6. The Kier molecular flexibility index (Phi) is 5.55. The first-order valence-electron chi connectivity index (χ1n) is 8.07. The molecular weight excluding hydrogens is 318 g/mol. The van der Waals surface area contributed by atoms with Crippen LogP contribution in [-0.2, 0) is 19.2 Å². The lowest BCUT2D eigenvalue weighted by atomic mass is 9.86. The SMILES string of the molecule is C[C@H](NC(=O)[C@@H]1CCCN1)C(=O)[C@@]1(C(=O)O)CCCN1CC(=O)O.